The van der Waals surface area contributed by atoms with Crippen LogP contribution in [0.15, 0.2) is 34.2 Å². The third kappa shape index (κ3) is 4.39. The summed E-state index contributed by atoms with van der Waals surface area (Å²) >= 11 is 0.426. The molecule has 0 atom stereocenters. The van der Waals surface area contributed by atoms with Gasteiger partial charge < -0.3 is 0 Å². The fourth-order valence-corrected chi connectivity index (χ4v) is 2.66. The van der Waals surface area contributed by atoms with Crippen LogP contribution in [0.5, 0.6) is 0 Å². The van der Waals surface area contributed by atoms with Crippen molar-refractivity contribution in [1.29, 1.82) is 0 Å². The zero-order valence-electron chi connectivity index (χ0n) is 12.9. The van der Waals surface area contributed by atoms with E-state index in [1.54, 1.807) is 0 Å². The molecule has 0 fully saturated rings. The molecule has 0 saturated carbocycles. The van der Waals surface area contributed by atoms with Crippen molar-refractivity contribution in [1.82, 2.24) is 9.55 Å². The Morgan fingerprint density at radius 3 is 1.93 bits per heavy atom. The molecule has 1 aromatic carbocycles. The minimum Gasteiger partial charge on any atom is -0.269 e. The van der Waals surface area contributed by atoms with Crippen LogP contribution >= 0.6 is 11.8 Å². The SMILES string of the molecule is CSc1nc(C(F)(F)F)cc(=O)n1-c1ccc(C(F)(F)F)cc1C(F)(F)F. The van der Waals surface area contributed by atoms with Gasteiger partial charge in [-0.05, 0) is 24.5 Å². The van der Waals surface area contributed by atoms with Gasteiger partial charge in [0.15, 0.2) is 10.9 Å². The Morgan fingerprint density at radius 1 is 0.889 bits per heavy atom. The zero-order valence-corrected chi connectivity index (χ0v) is 13.7. The van der Waals surface area contributed by atoms with Gasteiger partial charge in [-0.1, -0.05) is 11.8 Å². The van der Waals surface area contributed by atoms with Crippen LogP contribution in [0.2, 0.25) is 0 Å². The van der Waals surface area contributed by atoms with Crippen molar-refractivity contribution in [2.45, 2.75) is 23.7 Å². The van der Waals surface area contributed by atoms with Gasteiger partial charge >= 0.3 is 18.5 Å². The molecule has 0 unspecified atom stereocenters. The molecule has 0 aliphatic carbocycles. The number of nitrogens with zero attached hydrogens (tertiary/aromatic N) is 2. The van der Waals surface area contributed by atoms with Crippen molar-refractivity contribution >= 4 is 11.8 Å². The standard InChI is InChI=1S/C14H7F9N2OS/c1-27-11-24-9(14(21,22)23)5-10(26)25(11)8-3-2-6(12(15,16)17)4-7(8)13(18,19)20/h2-5H,1H3. The van der Waals surface area contributed by atoms with Crippen LogP contribution in [-0.4, -0.2) is 15.8 Å². The fourth-order valence-electron chi connectivity index (χ4n) is 2.10. The lowest BCUT2D eigenvalue weighted by Gasteiger charge is -2.19. The molecule has 3 nitrogen and oxygen atoms in total. The zero-order chi connectivity index (χ0) is 20.8. The summed E-state index contributed by atoms with van der Waals surface area (Å²) in [6.45, 7) is 0. The molecule has 1 aromatic heterocycles. The minimum absolute atomic E-state index is 0.0302. The highest BCUT2D eigenvalue weighted by Crippen LogP contribution is 2.39. The Labute approximate surface area is 148 Å². The van der Waals surface area contributed by atoms with Gasteiger partial charge in [0.2, 0.25) is 0 Å². The van der Waals surface area contributed by atoms with Gasteiger partial charge in [-0.3, -0.25) is 9.36 Å². The first-order chi connectivity index (χ1) is 12.2. The van der Waals surface area contributed by atoms with Gasteiger partial charge in [0.05, 0.1) is 16.8 Å². The summed E-state index contributed by atoms with van der Waals surface area (Å²) in [7, 11) is 0. The van der Waals surface area contributed by atoms with Crippen LogP contribution in [-0.2, 0) is 18.5 Å². The lowest BCUT2D eigenvalue weighted by molar-refractivity contribution is -0.144. The highest BCUT2D eigenvalue weighted by Gasteiger charge is 2.40. The molecule has 2 aromatic rings. The largest absolute Gasteiger partial charge is 0.433 e. The first kappa shape index (κ1) is 21.1. The van der Waals surface area contributed by atoms with E-state index in [0.717, 1.165) is 6.26 Å². The molecular weight excluding hydrogens is 415 g/mol. The van der Waals surface area contributed by atoms with Gasteiger partial charge in [0, 0.05) is 6.07 Å². The van der Waals surface area contributed by atoms with Crippen LogP contribution in [0, 0.1) is 0 Å². The Bertz CT molecular complexity index is 913. The summed E-state index contributed by atoms with van der Waals surface area (Å²) < 4.78 is 116. The normalized spacial score (nSPS) is 13.1. The first-order valence-corrected chi connectivity index (χ1v) is 7.93. The molecule has 13 heteroatoms. The van der Waals surface area contributed by atoms with E-state index < -0.39 is 51.8 Å². The van der Waals surface area contributed by atoms with Crippen LogP contribution in [0.1, 0.15) is 16.8 Å². The van der Waals surface area contributed by atoms with Gasteiger partial charge in [-0.15, -0.1) is 0 Å². The third-order valence-corrected chi connectivity index (χ3v) is 3.87. The summed E-state index contributed by atoms with van der Waals surface area (Å²) in [6, 6.07) is 0.404. The van der Waals surface area contributed by atoms with Crippen molar-refractivity contribution < 1.29 is 39.5 Å². The topological polar surface area (TPSA) is 34.9 Å². The Morgan fingerprint density at radius 2 is 1.48 bits per heavy atom. The number of benzene rings is 1. The minimum atomic E-state index is -5.31. The molecule has 0 saturated heterocycles. The molecular formula is C14H7F9N2OS. The monoisotopic (exact) mass is 422 g/mol. The predicted molar refractivity (Wildman–Crippen MR) is 76.6 cm³/mol. The van der Waals surface area contributed by atoms with Crippen molar-refractivity contribution in [2.24, 2.45) is 0 Å². The van der Waals surface area contributed by atoms with Crippen LogP contribution < -0.4 is 5.56 Å². The lowest BCUT2D eigenvalue weighted by atomic mass is 10.1. The van der Waals surface area contributed by atoms with Gasteiger partial charge in [-0.2, -0.15) is 39.5 Å². The number of halogens is 9. The molecule has 0 bridgehead atoms. The average Bonchev–Trinajstić information content (AvgIpc) is 2.50. The molecule has 0 N–H and O–H groups in total. The van der Waals surface area contributed by atoms with Crippen molar-refractivity contribution in [3.05, 3.63) is 51.4 Å². The van der Waals surface area contributed by atoms with Crippen LogP contribution in [0.3, 0.4) is 0 Å². The van der Waals surface area contributed by atoms with Crippen molar-refractivity contribution in [3.8, 4) is 5.69 Å². The predicted octanol–water partition coefficient (Wildman–Crippen LogP) is 5.01. The maximum absolute atomic E-state index is 13.2. The maximum atomic E-state index is 13.2. The third-order valence-electron chi connectivity index (χ3n) is 3.23. The van der Waals surface area contributed by atoms with Gasteiger partial charge in [-0.25, -0.2) is 4.98 Å². The van der Waals surface area contributed by atoms with E-state index in [-0.39, 0.29) is 16.7 Å². The van der Waals surface area contributed by atoms with E-state index in [9.17, 15) is 44.3 Å². The van der Waals surface area contributed by atoms with E-state index in [1.807, 2.05) is 0 Å². The molecule has 148 valence electrons. The Kier molecular flexibility index (Phi) is 5.29. The quantitative estimate of drug-likeness (QED) is 0.388. The van der Waals surface area contributed by atoms with E-state index in [0.29, 0.717) is 23.9 Å². The Balaban J connectivity index is 2.84. The number of alkyl halides is 9. The Hall–Kier alpha value is -2.18. The molecule has 2 rings (SSSR count). The summed E-state index contributed by atoms with van der Waals surface area (Å²) in [4.78, 5) is 15.2. The summed E-state index contributed by atoms with van der Waals surface area (Å²) in [5.74, 6) is 0. The maximum Gasteiger partial charge on any atom is 0.433 e. The number of aromatic nitrogens is 2. The van der Waals surface area contributed by atoms with E-state index >= 15 is 0 Å². The summed E-state index contributed by atoms with van der Waals surface area (Å²) in [6.07, 6.45) is -14.3. The van der Waals surface area contributed by atoms with E-state index in [4.69, 9.17) is 0 Å². The second-order valence-electron chi connectivity index (χ2n) is 5.03. The number of rotatable bonds is 2. The first-order valence-electron chi connectivity index (χ1n) is 6.70. The second kappa shape index (κ2) is 6.77. The van der Waals surface area contributed by atoms with Gasteiger partial charge in [0.25, 0.3) is 5.56 Å². The summed E-state index contributed by atoms with van der Waals surface area (Å²) in [5.41, 5.74) is -7.68. The van der Waals surface area contributed by atoms with Crippen molar-refractivity contribution in [3.63, 3.8) is 0 Å². The molecule has 0 spiro atoms. The molecule has 0 amide bonds. The lowest BCUT2D eigenvalue weighted by Crippen LogP contribution is -2.27. The summed E-state index contributed by atoms with van der Waals surface area (Å²) in [5, 5.41) is -0.764. The van der Waals surface area contributed by atoms with Crippen LogP contribution in [0.4, 0.5) is 39.5 Å². The fraction of sp³-hybridized carbons (Fsp3) is 0.286. The van der Waals surface area contributed by atoms with E-state index in [2.05, 4.69) is 4.98 Å². The second-order valence-corrected chi connectivity index (χ2v) is 5.80. The highest BCUT2D eigenvalue weighted by atomic mass is 32.2. The van der Waals surface area contributed by atoms with Crippen molar-refractivity contribution in [2.75, 3.05) is 6.26 Å². The number of hydrogen-bond acceptors (Lipinski definition) is 3. The molecule has 0 radical (unpaired) electrons. The molecule has 27 heavy (non-hydrogen) atoms. The number of thioether (sulfide) groups is 1. The average molecular weight is 422 g/mol. The molecule has 1 heterocycles. The smallest absolute Gasteiger partial charge is 0.269 e. The van der Waals surface area contributed by atoms with Gasteiger partial charge in [0.1, 0.15) is 0 Å². The van der Waals surface area contributed by atoms with Crippen LogP contribution in [0.25, 0.3) is 5.69 Å². The molecule has 0 aliphatic heterocycles. The number of hydrogen-bond donors (Lipinski definition) is 0. The molecule has 0 aliphatic rings. The van der Waals surface area contributed by atoms with E-state index in [1.165, 1.54) is 0 Å². The highest BCUT2D eigenvalue weighted by molar-refractivity contribution is 7.98.